The molecule has 1 aliphatic heterocycles. The molecule has 0 spiro atoms. The van der Waals surface area contributed by atoms with Gasteiger partial charge in [-0.1, -0.05) is 60.7 Å². The van der Waals surface area contributed by atoms with Crippen LogP contribution in [-0.2, 0) is 4.79 Å². The zero-order valence-electron chi connectivity index (χ0n) is 12.0. The zero-order valence-corrected chi connectivity index (χ0v) is 12.0. The molecule has 1 heterocycles. The summed E-state index contributed by atoms with van der Waals surface area (Å²) in [4.78, 5) is 14.4. The highest BCUT2D eigenvalue weighted by Crippen LogP contribution is 2.43. The van der Waals surface area contributed by atoms with E-state index in [4.69, 9.17) is 5.73 Å². The van der Waals surface area contributed by atoms with Crippen LogP contribution < -0.4 is 5.73 Å². The van der Waals surface area contributed by atoms with Crippen molar-refractivity contribution in [3.05, 3.63) is 71.8 Å². The summed E-state index contributed by atoms with van der Waals surface area (Å²) in [6.07, 6.45) is 1.96. The first kappa shape index (κ1) is 13.8. The van der Waals surface area contributed by atoms with E-state index in [1.54, 1.807) is 0 Å². The summed E-state index contributed by atoms with van der Waals surface area (Å²) in [5.74, 6) is 0.0233. The van der Waals surface area contributed by atoms with E-state index in [-0.39, 0.29) is 24.5 Å². The Kier molecular flexibility index (Phi) is 4.02. The molecule has 1 amide bonds. The first-order valence-corrected chi connectivity index (χ1v) is 7.42. The van der Waals surface area contributed by atoms with Gasteiger partial charge in [0.25, 0.3) is 0 Å². The van der Waals surface area contributed by atoms with Crippen LogP contribution in [0.3, 0.4) is 0 Å². The Bertz CT molecular complexity index is 550. The minimum atomic E-state index is 0.0233. The molecule has 0 bridgehead atoms. The van der Waals surface area contributed by atoms with Crippen LogP contribution in [0.25, 0.3) is 0 Å². The maximum absolute atomic E-state index is 12.4. The number of hydrogen-bond acceptors (Lipinski definition) is 2. The van der Waals surface area contributed by atoms with Gasteiger partial charge in [0.15, 0.2) is 0 Å². The fraction of sp³-hybridized carbons (Fsp3) is 0.278. The number of carbonyl (C=O) groups excluding carboxylic acids is 1. The Morgan fingerprint density at radius 2 is 1.33 bits per heavy atom. The minimum Gasteiger partial charge on any atom is -0.328 e. The number of benzene rings is 2. The lowest BCUT2D eigenvalue weighted by atomic mass is 10.0. The molecule has 2 aromatic rings. The van der Waals surface area contributed by atoms with Crippen LogP contribution in [0.5, 0.6) is 0 Å². The molecule has 3 heteroatoms. The lowest BCUT2D eigenvalue weighted by Gasteiger charge is -2.30. The summed E-state index contributed by atoms with van der Waals surface area (Å²) in [7, 11) is 0. The van der Waals surface area contributed by atoms with Crippen molar-refractivity contribution in [2.45, 2.75) is 24.9 Å². The highest BCUT2D eigenvalue weighted by atomic mass is 16.2. The molecule has 3 rings (SSSR count). The second-order valence-electron chi connectivity index (χ2n) is 5.44. The van der Waals surface area contributed by atoms with Gasteiger partial charge in [0.05, 0.1) is 18.6 Å². The average molecular weight is 280 g/mol. The van der Waals surface area contributed by atoms with Crippen LogP contribution in [0.4, 0.5) is 0 Å². The predicted molar refractivity (Wildman–Crippen MR) is 83.5 cm³/mol. The lowest BCUT2D eigenvalue weighted by molar-refractivity contribution is -0.132. The summed E-state index contributed by atoms with van der Waals surface area (Å²) in [5.41, 5.74) is 8.03. The molecule has 0 aromatic heterocycles. The van der Waals surface area contributed by atoms with E-state index in [0.717, 1.165) is 12.8 Å². The van der Waals surface area contributed by atoms with Gasteiger partial charge >= 0.3 is 0 Å². The number of rotatable bonds is 3. The van der Waals surface area contributed by atoms with E-state index in [9.17, 15) is 4.79 Å². The Balaban J connectivity index is 1.95. The number of nitrogens with two attached hydrogens (primary N) is 1. The van der Waals surface area contributed by atoms with E-state index in [1.807, 2.05) is 41.3 Å². The first-order chi connectivity index (χ1) is 10.3. The topological polar surface area (TPSA) is 46.3 Å². The van der Waals surface area contributed by atoms with Gasteiger partial charge < -0.3 is 10.6 Å². The molecule has 3 nitrogen and oxygen atoms in total. The molecule has 1 saturated heterocycles. The highest BCUT2D eigenvalue weighted by Gasteiger charge is 2.37. The summed E-state index contributed by atoms with van der Waals surface area (Å²) in [5, 5.41) is 0. The van der Waals surface area contributed by atoms with Gasteiger partial charge in [0.1, 0.15) is 0 Å². The van der Waals surface area contributed by atoms with Crippen molar-refractivity contribution in [3.63, 3.8) is 0 Å². The molecule has 0 saturated carbocycles. The van der Waals surface area contributed by atoms with Crippen molar-refractivity contribution < 1.29 is 4.79 Å². The fourth-order valence-electron chi connectivity index (χ4n) is 3.27. The summed E-state index contributed by atoms with van der Waals surface area (Å²) >= 11 is 0. The third-order valence-corrected chi connectivity index (χ3v) is 4.22. The Morgan fingerprint density at radius 1 is 0.905 bits per heavy atom. The summed E-state index contributed by atoms with van der Waals surface area (Å²) < 4.78 is 0. The van der Waals surface area contributed by atoms with E-state index < -0.39 is 0 Å². The quantitative estimate of drug-likeness (QED) is 0.939. The molecule has 0 unspecified atom stereocenters. The molecule has 2 atom stereocenters. The SMILES string of the molecule is NCC(=O)N1[C@@H](c2ccccc2)CC[C@H]1c1ccccc1. The van der Waals surface area contributed by atoms with Crippen LogP contribution >= 0.6 is 0 Å². The van der Waals surface area contributed by atoms with Crippen LogP contribution in [-0.4, -0.2) is 17.4 Å². The van der Waals surface area contributed by atoms with Crippen LogP contribution in [0.1, 0.15) is 36.1 Å². The average Bonchev–Trinajstić information content (AvgIpc) is 3.00. The van der Waals surface area contributed by atoms with Crippen molar-refractivity contribution in [2.24, 2.45) is 5.73 Å². The molecule has 0 aliphatic carbocycles. The van der Waals surface area contributed by atoms with E-state index in [2.05, 4.69) is 24.3 Å². The molecular formula is C18H20N2O. The predicted octanol–water partition coefficient (Wildman–Crippen LogP) is 3.05. The van der Waals surface area contributed by atoms with Gasteiger partial charge in [0.2, 0.25) is 5.91 Å². The third kappa shape index (κ3) is 2.69. The molecule has 0 radical (unpaired) electrons. The van der Waals surface area contributed by atoms with Crippen molar-refractivity contribution in [3.8, 4) is 0 Å². The fourth-order valence-corrected chi connectivity index (χ4v) is 3.27. The van der Waals surface area contributed by atoms with Crippen LogP contribution in [0.2, 0.25) is 0 Å². The van der Waals surface area contributed by atoms with Crippen LogP contribution in [0.15, 0.2) is 60.7 Å². The maximum Gasteiger partial charge on any atom is 0.237 e. The molecule has 21 heavy (non-hydrogen) atoms. The van der Waals surface area contributed by atoms with Gasteiger partial charge in [0, 0.05) is 0 Å². The molecule has 108 valence electrons. The zero-order chi connectivity index (χ0) is 14.7. The van der Waals surface area contributed by atoms with E-state index in [1.165, 1.54) is 11.1 Å². The lowest BCUT2D eigenvalue weighted by Crippen LogP contribution is -2.37. The molecule has 2 aromatic carbocycles. The number of likely N-dealkylation sites (tertiary alicyclic amines) is 1. The smallest absolute Gasteiger partial charge is 0.237 e. The second-order valence-corrected chi connectivity index (χ2v) is 5.44. The number of hydrogen-bond donors (Lipinski definition) is 1. The Morgan fingerprint density at radius 3 is 1.71 bits per heavy atom. The summed E-state index contributed by atoms with van der Waals surface area (Å²) in [6.45, 7) is 0.0622. The minimum absolute atomic E-state index is 0.0233. The monoisotopic (exact) mass is 280 g/mol. The largest absolute Gasteiger partial charge is 0.328 e. The number of carbonyl (C=O) groups is 1. The number of nitrogens with zero attached hydrogens (tertiary/aromatic N) is 1. The van der Waals surface area contributed by atoms with Gasteiger partial charge in [-0.3, -0.25) is 4.79 Å². The highest BCUT2D eigenvalue weighted by molar-refractivity contribution is 5.79. The summed E-state index contributed by atoms with van der Waals surface area (Å²) in [6, 6.07) is 20.7. The third-order valence-electron chi connectivity index (χ3n) is 4.22. The standard InChI is InChI=1S/C18H20N2O/c19-13-18(21)20-16(14-7-3-1-4-8-14)11-12-17(20)15-9-5-2-6-10-15/h1-10,16-17H,11-13,19H2/t16-,17+. The molecular weight excluding hydrogens is 260 g/mol. The Labute approximate surface area is 125 Å². The van der Waals surface area contributed by atoms with Crippen molar-refractivity contribution in [2.75, 3.05) is 6.54 Å². The van der Waals surface area contributed by atoms with Crippen molar-refractivity contribution >= 4 is 5.91 Å². The van der Waals surface area contributed by atoms with Gasteiger partial charge in [-0.25, -0.2) is 0 Å². The number of amides is 1. The first-order valence-electron chi connectivity index (χ1n) is 7.42. The van der Waals surface area contributed by atoms with Gasteiger partial charge in [-0.05, 0) is 24.0 Å². The van der Waals surface area contributed by atoms with Gasteiger partial charge in [-0.2, -0.15) is 0 Å². The van der Waals surface area contributed by atoms with E-state index >= 15 is 0 Å². The van der Waals surface area contributed by atoms with Crippen LogP contribution in [0, 0.1) is 0 Å². The van der Waals surface area contributed by atoms with Crippen molar-refractivity contribution in [1.82, 2.24) is 4.90 Å². The molecule has 1 aliphatic rings. The molecule has 1 fully saturated rings. The van der Waals surface area contributed by atoms with Gasteiger partial charge in [-0.15, -0.1) is 0 Å². The second kappa shape index (κ2) is 6.10. The van der Waals surface area contributed by atoms with E-state index in [0.29, 0.717) is 0 Å². The Hall–Kier alpha value is -2.13. The normalized spacial score (nSPS) is 21.5. The molecule has 2 N–H and O–H groups in total. The maximum atomic E-state index is 12.4. The van der Waals surface area contributed by atoms with Crippen molar-refractivity contribution in [1.29, 1.82) is 0 Å².